The van der Waals surface area contributed by atoms with Crippen molar-refractivity contribution < 1.29 is 4.92 Å². The number of nitrogens with one attached hydrogen (secondary N) is 1. The van der Waals surface area contributed by atoms with E-state index < -0.39 is 4.92 Å². The van der Waals surface area contributed by atoms with Crippen molar-refractivity contribution in [2.75, 3.05) is 5.88 Å². The Kier molecular flexibility index (Phi) is 2.44. The van der Waals surface area contributed by atoms with Crippen molar-refractivity contribution in [3.05, 3.63) is 28.6 Å². The highest BCUT2D eigenvalue weighted by molar-refractivity contribution is 6.23. The molecule has 0 bridgehead atoms. The summed E-state index contributed by atoms with van der Waals surface area (Å²) >= 11 is 5.45. The van der Waals surface area contributed by atoms with Crippen LogP contribution in [-0.2, 0) is 0 Å². The number of halogens is 1. The lowest BCUT2D eigenvalue weighted by Gasteiger charge is -1.94. The summed E-state index contributed by atoms with van der Waals surface area (Å²) in [5, 5.41) is 16.4. The third kappa shape index (κ3) is 1.45. The number of aromatic amines is 1. The molecule has 1 aromatic heterocycles. The topological polar surface area (TPSA) is 71.8 Å². The molecule has 6 heteroatoms. The Morgan fingerprint density at radius 3 is 3.08 bits per heavy atom. The number of H-pyrrole nitrogens is 1. The Balaban J connectivity index is 3.07. The van der Waals surface area contributed by atoms with E-state index >= 15 is 0 Å². The van der Waals surface area contributed by atoms with Gasteiger partial charge in [0.1, 0.15) is 11.9 Å². The van der Waals surface area contributed by atoms with Crippen LogP contribution >= 0.6 is 11.6 Å². The third-order valence-corrected chi connectivity index (χ3v) is 1.65. The van der Waals surface area contributed by atoms with E-state index in [-0.39, 0.29) is 17.3 Å². The Labute approximate surface area is 73.2 Å². The summed E-state index contributed by atoms with van der Waals surface area (Å²) in [6, 6.07) is 0. The minimum Gasteiger partial charge on any atom is -0.271 e. The lowest BCUT2D eigenvalue weighted by atomic mass is 10.2. The fourth-order valence-corrected chi connectivity index (χ4v) is 0.879. The highest BCUT2D eigenvalue weighted by atomic mass is 35.5. The molecule has 0 spiro atoms. The second-order valence-corrected chi connectivity index (χ2v) is 2.39. The van der Waals surface area contributed by atoms with Crippen molar-refractivity contribution in [2.24, 2.45) is 0 Å². The second-order valence-electron chi connectivity index (χ2n) is 2.12. The predicted octanol–water partition coefficient (Wildman–Crippen LogP) is 1.57. The van der Waals surface area contributed by atoms with Gasteiger partial charge in [0.15, 0.2) is 0 Å². The van der Waals surface area contributed by atoms with Gasteiger partial charge in [0.05, 0.1) is 4.92 Å². The van der Waals surface area contributed by atoms with Crippen molar-refractivity contribution in [2.45, 2.75) is 0 Å². The minimum absolute atomic E-state index is 0.0966. The van der Waals surface area contributed by atoms with Crippen LogP contribution in [0.15, 0.2) is 12.8 Å². The third-order valence-electron chi connectivity index (χ3n) is 1.33. The maximum absolute atomic E-state index is 10.4. The van der Waals surface area contributed by atoms with Crippen molar-refractivity contribution in [3.63, 3.8) is 0 Å². The molecule has 5 nitrogen and oxygen atoms in total. The molecule has 0 amide bonds. The standard InChI is InChI=1S/C6H6ClN3O2/c1-4(2-7)6-5(10(11)12)3-8-9-6/h3H,1-2H2,(H,8,9). The summed E-state index contributed by atoms with van der Waals surface area (Å²) in [6.45, 7) is 3.55. The fourth-order valence-electron chi connectivity index (χ4n) is 0.745. The molecule has 0 saturated heterocycles. The van der Waals surface area contributed by atoms with E-state index in [4.69, 9.17) is 11.6 Å². The highest BCUT2D eigenvalue weighted by Crippen LogP contribution is 2.22. The zero-order chi connectivity index (χ0) is 9.14. The molecule has 0 aromatic carbocycles. The Hall–Kier alpha value is -1.36. The largest absolute Gasteiger partial charge is 0.314 e. The van der Waals surface area contributed by atoms with Crippen LogP contribution in [0.3, 0.4) is 0 Å². The van der Waals surface area contributed by atoms with E-state index in [1.165, 1.54) is 0 Å². The molecule has 1 rings (SSSR count). The number of allylic oxidation sites excluding steroid dienone is 1. The van der Waals surface area contributed by atoms with Crippen LogP contribution in [0, 0.1) is 10.1 Å². The van der Waals surface area contributed by atoms with Crippen molar-refractivity contribution in [3.8, 4) is 0 Å². The molecular formula is C6H6ClN3O2. The molecule has 0 aliphatic rings. The van der Waals surface area contributed by atoms with Gasteiger partial charge in [-0.05, 0) is 5.57 Å². The van der Waals surface area contributed by atoms with Gasteiger partial charge in [-0.3, -0.25) is 15.2 Å². The zero-order valence-electron chi connectivity index (χ0n) is 6.08. The Morgan fingerprint density at radius 1 is 1.92 bits per heavy atom. The summed E-state index contributed by atoms with van der Waals surface area (Å²) in [5.74, 6) is 0.142. The summed E-state index contributed by atoms with van der Waals surface area (Å²) in [6.07, 6.45) is 1.13. The van der Waals surface area contributed by atoms with Crippen LogP contribution in [0.4, 0.5) is 5.69 Å². The van der Waals surface area contributed by atoms with Crippen LogP contribution in [-0.4, -0.2) is 21.0 Å². The average molecular weight is 188 g/mol. The molecule has 0 atom stereocenters. The average Bonchev–Trinajstić information content (AvgIpc) is 2.50. The van der Waals surface area contributed by atoms with Crippen LogP contribution in [0.5, 0.6) is 0 Å². The molecule has 0 fully saturated rings. The molecule has 0 aliphatic heterocycles. The monoisotopic (exact) mass is 187 g/mol. The van der Waals surface area contributed by atoms with Gasteiger partial charge in [-0.1, -0.05) is 6.58 Å². The molecule has 0 aliphatic carbocycles. The normalized spacial score (nSPS) is 9.75. The van der Waals surface area contributed by atoms with Crippen molar-refractivity contribution >= 4 is 22.9 Å². The Morgan fingerprint density at radius 2 is 2.58 bits per heavy atom. The quantitative estimate of drug-likeness (QED) is 0.444. The van der Waals surface area contributed by atoms with E-state index in [0.29, 0.717) is 5.57 Å². The SMILES string of the molecule is C=C(CCl)c1[nH]ncc1[N+](=O)[O-]. The number of rotatable bonds is 3. The van der Waals surface area contributed by atoms with Crippen LogP contribution < -0.4 is 0 Å². The number of nitro groups is 1. The number of aromatic nitrogens is 2. The summed E-state index contributed by atoms with van der Waals surface area (Å²) < 4.78 is 0. The molecule has 0 saturated carbocycles. The van der Waals surface area contributed by atoms with Gasteiger partial charge < -0.3 is 0 Å². The van der Waals surface area contributed by atoms with Gasteiger partial charge in [-0.2, -0.15) is 5.10 Å². The van der Waals surface area contributed by atoms with Crippen molar-refractivity contribution in [1.82, 2.24) is 10.2 Å². The smallest absolute Gasteiger partial charge is 0.271 e. The second kappa shape index (κ2) is 3.36. The highest BCUT2D eigenvalue weighted by Gasteiger charge is 2.17. The van der Waals surface area contributed by atoms with Gasteiger partial charge in [-0.15, -0.1) is 11.6 Å². The van der Waals surface area contributed by atoms with E-state index in [2.05, 4.69) is 16.8 Å². The van der Waals surface area contributed by atoms with E-state index in [1.54, 1.807) is 0 Å². The van der Waals surface area contributed by atoms with E-state index in [9.17, 15) is 10.1 Å². The van der Waals surface area contributed by atoms with Crippen LogP contribution in [0.25, 0.3) is 5.57 Å². The van der Waals surface area contributed by atoms with E-state index in [0.717, 1.165) is 6.20 Å². The maximum atomic E-state index is 10.4. The molecule has 1 heterocycles. The number of nitrogens with zero attached hydrogens (tertiary/aromatic N) is 2. The molecule has 1 aromatic rings. The first-order valence-corrected chi connectivity index (χ1v) is 3.62. The minimum atomic E-state index is -0.531. The molecule has 0 radical (unpaired) electrons. The lowest BCUT2D eigenvalue weighted by Crippen LogP contribution is -1.92. The molecule has 1 N–H and O–H groups in total. The van der Waals surface area contributed by atoms with Gasteiger partial charge in [0.2, 0.25) is 0 Å². The van der Waals surface area contributed by atoms with Gasteiger partial charge >= 0.3 is 5.69 Å². The first-order valence-electron chi connectivity index (χ1n) is 3.08. The lowest BCUT2D eigenvalue weighted by molar-refractivity contribution is -0.385. The van der Waals surface area contributed by atoms with Gasteiger partial charge in [-0.25, -0.2) is 0 Å². The summed E-state index contributed by atoms with van der Waals surface area (Å²) in [5.41, 5.74) is 0.650. The first-order chi connectivity index (χ1) is 5.66. The molecular weight excluding hydrogens is 182 g/mol. The van der Waals surface area contributed by atoms with Gasteiger partial charge in [0.25, 0.3) is 0 Å². The number of alkyl halides is 1. The molecule has 12 heavy (non-hydrogen) atoms. The predicted molar refractivity (Wildman–Crippen MR) is 45.0 cm³/mol. The van der Waals surface area contributed by atoms with Crippen LogP contribution in [0.2, 0.25) is 0 Å². The first kappa shape index (κ1) is 8.73. The van der Waals surface area contributed by atoms with Gasteiger partial charge in [0, 0.05) is 5.88 Å². The maximum Gasteiger partial charge on any atom is 0.314 e. The zero-order valence-corrected chi connectivity index (χ0v) is 6.84. The Bertz CT molecular complexity index is 320. The van der Waals surface area contributed by atoms with E-state index in [1.807, 2.05) is 0 Å². The molecule has 0 unspecified atom stereocenters. The number of hydrogen-bond donors (Lipinski definition) is 1. The molecule has 64 valence electrons. The van der Waals surface area contributed by atoms with Crippen LogP contribution in [0.1, 0.15) is 5.69 Å². The summed E-state index contributed by atoms with van der Waals surface area (Å²) in [7, 11) is 0. The summed E-state index contributed by atoms with van der Waals surface area (Å²) in [4.78, 5) is 9.83. The van der Waals surface area contributed by atoms with Crippen molar-refractivity contribution in [1.29, 1.82) is 0 Å². The number of hydrogen-bond acceptors (Lipinski definition) is 3. The fraction of sp³-hybridized carbons (Fsp3) is 0.167.